The number of benzene rings is 2. The monoisotopic (exact) mass is 348 g/mol. The fraction of sp³-hybridized carbons (Fsp3) is 0.250. The highest BCUT2D eigenvalue weighted by Gasteiger charge is 2.31. The molecule has 0 radical (unpaired) electrons. The molecule has 0 unspecified atom stereocenters. The summed E-state index contributed by atoms with van der Waals surface area (Å²) in [6.07, 6.45) is 3.19. The minimum absolute atomic E-state index is 0.0453. The molecule has 1 amide bonds. The molecule has 1 aliphatic rings. The van der Waals surface area contributed by atoms with Gasteiger partial charge in [-0.05, 0) is 48.7 Å². The van der Waals surface area contributed by atoms with E-state index >= 15 is 0 Å². The van der Waals surface area contributed by atoms with Gasteiger partial charge in [-0.2, -0.15) is 5.10 Å². The van der Waals surface area contributed by atoms with Gasteiger partial charge in [-0.25, -0.2) is 9.67 Å². The Morgan fingerprint density at radius 2 is 2.00 bits per heavy atom. The summed E-state index contributed by atoms with van der Waals surface area (Å²) in [5.74, 6) is 0.492. The van der Waals surface area contributed by atoms with Crippen LogP contribution in [0.5, 0.6) is 5.75 Å². The zero-order valence-electron chi connectivity index (χ0n) is 14.8. The van der Waals surface area contributed by atoms with Crippen LogP contribution in [-0.4, -0.2) is 27.3 Å². The summed E-state index contributed by atoms with van der Waals surface area (Å²) < 4.78 is 7.46. The molecule has 1 N–H and O–H groups in total. The molecule has 132 valence electrons. The number of aromatic nitrogens is 3. The Hall–Kier alpha value is -3.15. The van der Waals surface area contributed by atoms with Crippen LogP contribution in [0.25, 0.3) is 0 Å². The van der Waals surface area contributed by atoms with Crippen LogP contribution < -0.4 is 10.1 Å². The van der Waals surface area contributed by atoms with Gasteiger partial charge in [0.05, 0.1) is 6.54 Å². The van der Waals surface area contributed by atoms with E-state index in [1.807, 2.05) is 37.3 Å². The summed E-state index contributed by atoms with van der Waals surface area (Å²) in [5.41, 5.74) is 5.18. The normalized spacial score (nSPS) is 15.4. The van der Waals surface area contributed by atoms with Crippen molar-refractivity contribution in [2.45, 2.75) is 26.3 Å². The standard InChI is InChI=1S/C20H20N4O2/c1-13-7-17-18(10-26-19(17)8-14(13)2)20(25)23-16-5-3-15(4-6-16)9-24-12-21-11-22-24/h3-8,11-12,18H,9-10H2,1-2H3,(H,23,25)/t18-/m1/s1. The summed E-state index contributed by atoms with van der Waals surface area (Å²) in [4.78, 5) is 16.6. The van der Waals surface area contributed by atoms with E-state index in [9.17, 15) is 4.79 Å². The van der Waals surface area contributed by atoms with E-state index in [2.05, 4.69) is 28.4 Å². The second-order valence-corrected chi connectivity index (χ2v) is 6.62. The maximum Gasteiger partial charge on any atom is 0.235 e. The number of amides is 1. The summed E-state index contributed by atoms with van der Waals surface area (Å²) >= 11 is 0. The molecule has 6 heteroatoms. The number of carbonyl (C=O) groups excluding carboxylic acids is 1. The van der Waals surface area contributed by atoms with Crippen LogP contribution >= 0.6 is 0 Å². The van der Waals surface area contributed by atoms with E-state index in [4.69, 9.17) is 4.74 Å². The molecule has 0 fully saturated rings. The quantitative estimate of drug-likeness (QED) is 0.787. The Kier molecular flexibility index (Phi) is 4.16. The van der Waals surface area contributed by atoms with Gasteiger partial charge in [0.2, 0.25) is 5.91 Å². The number of ether oxygens (including phenoxy) is 1. The van der Waals surface area contributed by atoms with Gasteiger partial charge in [0, 0.05) is 11.3 Å². The molecule has 0 spiro atoms. The SMILES string of the molecule is Cc1cc2c(cc1C)[C@H](C(=O)Nc1ccc(Cn3cncn3)cc1)CO2. The van der Waals surface area contributed by atoms with Crippen molar-refractivity contribution in [3.63, 3.8) is 0 Å². The van der Waals surface area contributed by atoms with Crippen molar-refractivity contribution >= 4 is 11.6 Å². The van der Waals surface area contributed by atoms with Crippen LogP contribution in [0, 0.1) is 13.8 Å². The van der Waals surface area contributed by atoms with Crippen molar-refractivity contribution in [1.82, 2.24) is 14.8 Å². The van der Waals surface area contributed by atoms with Gasteiger partial charge in [-0.3, -0.25) is 4.79 Å². The topological polar surface area (TPSA) is 69.0 Å². The van der Waals surface area contributed by atoms with Crippen molar-refractivity contribution in [3.05, 3.63) is 71.3 Å². The number of nitrogens with zero attached hydrogens (tertiary/aromatic N) is 3. The molecular weight excluding hydrogens is 328 g/mol. The van der Waals surface area contributed by atoms with Crippen LogP contribution in [0.3, 0.4) is 0 Å². The van der Waals surface area contributed by atoms with Crippen molar-refractivity contribution in [3.8, 4) is 5.75 Å². The third-order valence-electron chi connectivity index (χ3n) is 4.76. The number of rotatable bonds is 4. The zero-order chi connectivity index (χ0) is 18.1. The van der Waals surface area contributed by atoms with Gasteiger partial charge in [-0.15, -0.1) is 0 Å². The van der Waals surface area contributed by atoms with E-state index in [0.29, 0.717) is 13.2 Å². The molecule has 2 heterocycles. The number of aryl methyl sites for hydroxylation is 2. The first-order valence-corrected chi connectivity index (χ1v) is 8.56. The Bertz CT molecular complexity index is 933. The highest BCUT2D eigenvalue weighted by molar-refractivity contribution is 5.97. The lowest BCUT2D eigenvalue weighted by atomic mass is 9.96. The van der Waals surface area contributed by atoms with Crippen molar-refractivity contribution in [1.29, 1.82) is 0 Å². The highest BCUT2D eigenvalue weighted by Crippen LogP contribution is 2.36. The third-order valence-corrected chi connectivity index (χ3v) is 4.76. The molecule has 1 aliphatic heterocycles. The lowest BCUT2D eigenvalue weighted by molar-refractivity contribution is -0.117. The van der Waals surface area contributed by atoms with E-state index in [-0.39, 0.29) is 11.8 Å². The van der Waals surface area contributed by atoms with Gasteiger partial charge < -0.3 is 10.1 Å². The smallest absolute Gasteiger partial charge is 0.235 e. The molecular formula is C20H20N4O2. The van der Waals surface area contributed by atoms with E-state index in [0.717, 1.165) is 22.6 Å². The lowest BCUT2D eigenvalue weighted by Crippen LogP contribution is -2.22. The number of anilines is 1. The minimum Gasteiger partial charge on any atom is -0.492 e. The van der Waals surface area contributed by atoms with Gasteiger partial charge in [0.1, 0.15) is 30.9 Å². The Morgan fingerprint density at radius 3 is 2.73 bits per heavy atom. The molecule has 26 heavy (non-hydrogen) atoms. The van der Waals surface area contributed by atoms with Crippen molar-refractivity contribution in [2.75, 3.05) is 11.9 Å². The number of hydrogen-bond donors (Lipinski definition) is 1. The van der Waals surface area contributed by atoms with E-state index in [1.54, 1.807) is 11.0 Å². The molecule has 2 aromatic carbocycles. The maximum absolute atomic E-state index is 12.7. The van der Waals surface area contributed by atoms with Gasteiger partial charge in [0.25, 0.3) is 0 Å². The number of nitrogens with one attached hydrogen (secondary N) is 1. The minimum atomic E-state index is -0.279. The Morgan fingerprint density at radius 1 is 1.23 bits per heavy atom. The summed E-state index contributed by atoms with van der Waals surface area (Å²) in [5, 5.41) is 7.08. The Labute approximate surface area is 151 Å². The second-order valence-electron chi connectivity index (χ2n) is 6.62. The molecule has 6 nitrogen and oxygen atoms in total. The Balaban J connectivity index is 1.45. The first-order chi connectivity index (χ1) is 12.6. The maximum atomic E-state index is 12.7. The predicted molar refractivity (Wildman–Crippen MR) is 98.3 cm³/mol. The molecule has 0 aliphatic carbocycles. The van der Waals surface area contributed by atoms with Gasteiger partial charge in [-0.1, -0.05) is 18.2 Å². The number of hydrogen-bond acceptors (Lipinski definition) is 4. The lowest BCUT2D eigenvalue weighted by Gasteiger charge is -2.12. The first-order valence-electron chi connectivity index (χ1n) is 8.56. The number of carbonyl (C=O) groups is 1. The average molecular weight is 348 g/mol. The van der Waals surface area contributed by atoms with Gasteiger partial charge in [0.15, 0.2) is 0 Å². The molecule has 3 aromatic rings. The number of fused-ring (bicyclic) bond motifs is 1. The largest absolute Gasteiger partial charge is 0.492 e. The van der Waals surface area contributed by atoms with Crippen LogP contribution in [0.2, 0.25) is 0 Å². The highest BCUT2D eigenvalue weighted by atomic mass is 16.5. The van der Waals surface area contributed by atoms with Crippen LogP contribution in [0.4, 0.5) is 5.69 Å². The molecule has 0 saturated carbocycles. The molecule has 0 bridgehead atoms. The molecule has 1 aromatic heterocycles. The van der Waals surface area contributed by atoms with E-state index in [1.165, 1.54) is 17.5 Å². The molecule has 1 atom stereocenters. The van der Waals surface area contributed by atoms with Crippen LogP contribution in [0.15, 0.2) is 49.1 Å². The molecule has 0 saturated heterocycles. The second kappa shape index (κ2) is 6.63. The first kappa shape index (κ1) is 16.3. The summed E-state index contributed by atoms with van der Waals surface area (Å²) in [6.45, 7) is 5.13. The fourth-order valence-electron chi connectivity index (χ4n) is 3.11. The van der Waals surface area contributed by atoms with Crippen molar-refractivity contribution in [2.24, 2.45) is 0 Å². The summed E-state index contributed by atoms with van der Waals surface area (Å²) in [6, 6.07) is 11.8. The average Bonchev–Trinajstić information content (AvgIpc) is 3.27. The molecule has 4 rings (SSSR count). The predicted octanol–water partition coefficient (Wildman–Crippen LogP) is 3.06. The van der Waals surface area contributed by atoms with Crippen molar-refractivity contribution < 1.29 is 9.53 Å². The van der Waals surface area contributed by atoms with Crippen LogP contribution in [0.1, 0.15) is 28.2 Å². The van der Waals surface area contributed by atoms with E-state index < -0.39 is 0 Å². The third kappa shape index (κ3) is 3.18. The fourth-order valence-corrected chi connectivity index (χ4v) is 3.11. The zero-order valence-corrected chi connectivity index (χ0v) is 14.8. The van der Waals surface area contributed by atoms with Gasteiger partial charge >= 0.3 is 0 Å². The van der Waals surface area contributed by atoms with Crippen LogP contribution in [-0.2, 0) is 11.3 Å². The summed E-state index contributed by atoms with van der Waals surface area (Å²) in [7, 11) is 0.